The summed E-state index contributed by atoms with van der Waals surface area (Å²) in [7, 11) is 1.52. The van der Waals surface area contributed by atoms with Crippen molar-refractivity contribution in [3.63, 3.8) is 0 Å². The van der Waals surface area contributed by atoms with Crippen LogP contribution in [0.3, 0.4) is 0 Å². The maximum Gasteiger partial charge on any atom is 0.267 e. The van der Waals surface area contributed by atoms with Crippen molar-refractivity contribution in [1.29, 1.82) is 5.26 Å². The molecule has 1 saturated heterocycles. The number of halogens is 1. The van der Waals surface area contributed by atoms with Crippen molar-refractivity contribution in [1.82, 2.24) is 9.80 Å². The van der Waals surface area contributed by atoms with Gasteiger partial charge in [-0.3, -0.25) is 9.69 Å². The highest BCUT2D eigenvalue weighted by Gasteiger charge is 2.19. The minimum Gasteiger partial charge on any atom is -0.495 e. The van der Waals surface area contributed by atoms with E-state index in [-0.39, 0.29) is 12.4 Å². The molecule has 0 radical (unpaired) electrons. The van der Waals surface area contributed by atoms with Crippen molar-refractivity contribution in [2.45, 2.75) is 6.54 Å². The molecular weight excluding hydrogens is 432 g/mol. The second-order valence-corrected chi connectivity index (χ2v) is 7.86. The lowest BCUT2D eigenvalue weighted by Crippen LogP contribution is -2.43. The molecule has 2 aliphatic rings. The SMILES string of the molecule is COc1ccc(NC(=O)/C(C#N)=C\N2CCN(Cc3ccc4c(c3)OCO4)CC2)cc1Cl. The molecule has 166 valence electrons. The smallest absolute Gasteiger partial charge is 0.267 e. The molecule has 1 fully saturated rings. The molecule has 0 bridgehead atoms. The topological polar surface area (TPSA) is 87.1 Å². The van der Waals surface area contributed by atoms with E-state index in [2.05, 4.69) is 10.2 Å². The molecule has 0 spiro atoms. The van der Waals surface area contributed by atoms with Crippen LogP contribution in [0, 0.1) is 11.3 Å². The van der Waals surface area contributed by atoms with Gasteiger partial charge in [-0.1, -0.05) is 17.7 Å². The largest absolute Gasteiger partial charge is 0.495 e. The third-order valence-corrected chi connectivity index (χ3v) is 5.63. The Balaban J connectivity index is 1.32. The van der Waals surface area contributed by atoms with E-state index in [4.69, 9.17) is 25.8 Å². The Hall–Kier alpha value is -3.41. The van der Waals surface area contributed by atoms with Gasteiger partial charge < -0.3 is 24.4 Å². The maximum atomic E-state index is 12.5. The van der Waals surface area contributed by atoms with Crippen molar-refractivity contribution in [3.05, 3.63) is 58.8 Å². The van der Waals surface area contributed by atoms with Crippen molar-refractivity contribution >= 4 is 23.2 Å². The Morgan fingerprint density at radius 3 is 2.69 bits per heavy atom. The predicted molar refractivity (Wildman–Crippen MR) is 120 cm³/mol. The monoisotopic (exact) mass is 454 g/mol. The molecule has 0 saturated carbocycles. The van der Waals surface area contributed by atoms with Gasteiger partial charge in [-0.15, -0.1) is 0 Å². The van der Waals surface area contributed by atoms with Gasteiger partial charge in [0.05, 0.1) is 12.1 Å². The van der Waals surface area contributed by atoms with E-state index in [9.17, 15) is 10.1 Å². The van der Waals surface area contributed by atoms with Crippen molar-refractivity contribution in [2.75, 3.05) is 45.4 Å². The molecular formula is C23H23ClN4O4. The Labute approximate surface area is 191 Å². The van der Waals surface area contributed by atoms with E-state index < -0.39 is 5.91 Å². The summed E-state index contributed by atoms with van der Waals surface area (Å²) in [5.41, 5.74) is 1.70. The van der Waals surface area contributed by atoms with Gasteiger partial charge in [-0.2, -0.15) is 5.26 Å². The predicted octanol–water partition coefficient (Wildman–Crippen LogP) is 3.24. The molecule has 0 aromatic heterocycles. The zero-order valence-corrected chi connectivity index (χ0v) is 18.4. The van der Waals surface area contributed by atoms with Gasteiger partial charge in [-0.25, -0.2) is 0 Å². The van der Waals surface area contributed by atoms with Crippen molar-refractivity contribution in [2.24, 2.45) is 0 Å². The summed E-state index contributed by atoms with van der Waals surface area (Å²) in [6.45, 7) is 4.15. The number of ether oxygens (including phenoxy) is 3. The maximum absolute atomic E-state index is 12.5. The lowest BCUT2D eigenvalue weighted by molar-refractivity contribution is -0.112. The molecule has 9 heteroatoms. The fraction of sp³-hybridized carbons (Fsp3) is 0.304. The van der Waals surface area contributed by atoms with E-state index >= 15 is 0 Å². The minimum atomic E-state index is -0.475. The molecule has 8 nitrogen and oxygen atoms in total. The number of hydrogen-bond acceptors (Lipinski definition) is 7. The van der Waals surface area contributed by atoms with Gasteiger partial charge in [0.2, 0.25) is 6.79 Å². The standard InChI is InChI=1S/C23H23ClN4O4/c1-30-20-5-3-18(11-19(20)24)26-23(29)17(12-25)14-28-8-6-27(7-9-28)13-16-2-4-21-22(10-16)32-15-31-21/h2-5,10-11,14H,6-9,13,15H2,1H3,(H,26,29)/b17-14-. The number of rotatable bonds is 6. The molecule has 32 heavy (non-hydrogen) atoms. The van der Waals surface area contributed by atoms with Gasteiger partial charge in [0, 0.05) is 44.6 Å². The van der Waals surface area contributed by atoms with Gasteiger partial charge in [0.1, 0.15) is 17.4 Å². The average Bonchev–Trinajstić information content (AvgIpc) is 3.26. The number of amides is 1. The van der Waals surface area contributed by atoms with Gasteiger partial charge >= 0.3 is 0 Å². The first-order valence-electron chi connectivity index (χ1n) is 10.2. The van der Waals surface area contributed by atoms with Gasteiger partial charge in [0.25, 0.3) is 5.91 Å². The molecule has 4 rings (SSSR count). The van der Waals surface area contributed by atoms with Crippen LogP contribution in [0.1, 0.15) is 5.56 Å². The highest BCUT2D eigenvalue weighted by Crippen LogP contribution is 2.33. The fourth-order valence-corrected chi connectivity index (χ4v) is 3.87. The van der Waals surface area contributed by atoms with Crippen molar-refractivity contribution in [3.8, 4) is 23.3 Å². The molecule has 2 aromatic carbocycles. The number of carbonyl (C=O) groups is 1. The number of nitrogens with zero attached hydrogens (tertiary/aromatic N) is 3. The van der Waals surface area contributed by atoms with Crippen molar-refractivity contribution < 1.29 is 19.0 Å². The van der Waals surface area contributed by atoms with E-state index in [1.165, 1.54) is 7.11 Å². The van der Waals surface area contributed by atoms with E-state index in [0.717, 1.165) is 49.8 Å². The lowest BCUT2D eigenvalue weighted by Gasteiger charge is -2.34. The number of fused-ring (bicyclic) bond motifs is 1. The highest BCUT2D eigenvalue weighted by atomic mass is 35.5. The first kappa shape index (κ1) is 21.8. The number of nitriles is 1. The number of nitrogens with one attached hydrogen (secondary N) is 1. The Morgan fingerprint density at radius 1 is 1.19 bits per heavy atom. The van der Waals surface area contributed by atoms with Gasteiger partial charge in [0.15, 0.2) is 11.5 Å². The van der Waals surface area contributed by atoms with Crippen LogP contribution in [0.25, 0.3) is 0 Å². The summed E-state index contributed by atoms with van der Waals surface area (Å²) < 4.78 is 15.9. The first-order chi connectivity index (χ1) is 15.6. The van der Waals surface area contributed by atoms with Crippen LogP contribution in [-0.2, 0) is 11.3 Å². The molecule has 0 aliphatic carbocycles. The Kier molecular flexibility index (Phi) is 6.69. The third kappa shape index (κ3) is 5.07. The van der Waals surface area contributed by atoms with E-state index in [1.807, 2.05) is 29.2 Å². The second kappa shape index (κ2) is 9.81. The average molecular weight is 455 g/mol. The molecule has 2 aromatic rings. The van der Waals surface area contributed by atoms with Crippen LogP contribution >= 0.6 is 11.6 Å². The Morgan fingerprint density at radius 2 is 1.97 bits per heavy atom. The van der Waals surface area contributed by atoms with Crippen LogP contribution in [0.5, 0.6) is 17.2 Å². The van der Waals surface area contributed by atoms with Gasteiger partial charge in [-0.05, 0) is 35.9 Å². The normalized spacial score (nSPS) is 15.9. The zero-order valence-electron chi connectivity index (χ0n) is 17.6. The lowest BCUT2D eigenvalue weighted by atomic mass is 10.1. The number of methoxy groups -OCH3 is 1. The molecule has 2 aliphatic heterocycles. The molecule has 1 N–H and O–H groups in total. The van der Waals surface area contributed by atoms with Crippen LogP contribution < -0.4 is 19.5 Å². The summed E-state index contributed by atoms with van der Waals surface area (Å²) in [5.74, 6) is 1.60. The summed E-state index contributed by atoms with van der Waals surface area (Å²) in [6, 6.07) is 12.9. The molecule has 1 amide bonds. The number of benzene rings is 2. The third-order valence-electron chi connectivity index (χ3n) is 5.34. The number of hydrogen-bond donors (Lipinski definition) is 1. The van der Waals surface area contributed by atoms with Crippen LogP contribution in [0.15, 0.2) is 48.2 Å². The summed E-state index contributed by atoms with van der Waals surface area (Å²) in [5, 5.41) is 12.6. The fourth-order valence-electron chi connectivity index (χ4n) is 3.61. The number of anilines is 1. The zero-order chi connectivity index (χ0) is 22.5. The molecule has 0 atom stereocenters. The molecule has 0 unspecified atom stereocenters. The summed E-state index contributed by atoms with van der Waals surface area (Å²) in [6.07, 6.45) is 1.62. The molecule has 2 heterocycles. The summed E-state index contributed by atoms with van der Waals surface area (Å²) >= 11 is 6.10. The van der Waals surface area contributed by atoms with Crippen LogP contribution in [0.2, 0.25) is 5.02 Å². The quantitative estimate of drug-likeness (QED) is 0.529. The van der Waals surface area contributed by atoms with E-state index in [0.29, 0.717) is 16.5 Å². The minimum absolute atomic E-state index is 0.0427. The van der Waals surface area contributed by atoms with E-state index in [1.54, 1.807) is 24.4 Å². The van der Waals surface area contributed by atoms with Crippen LogP contribution in [-0.4, -0.2) is 55.8 Å². The Bertz CT molecular complexity index is 1070. The number of carbonyl (C=O) groups excluding carboxylic acids is 1. The number of piperazine rings is 1. The second-order valence-electron chi connectivity index (χ2n) is 7.46. The summed E-state index contributed by atoms with van der Waals surface area (Å²) in [4.78, 5) is 16.9. The highest BCUT2D eigenvalue weighted by molar-refractivity contribution is 6.32. The van der Waals surface area contributed by atoms with Crippen LogP contribution in [0.4, 0.5) is 5.69 Å². The first-order valence-corrected chi connectivity index (χ1v) is 10.6.